The molecule has 2 aliphatic heterocycles. The number of carbonyl (C=O) groups excluding carboxylic acids is 1. The van der Waals surface area contributed by atoms with Crippen molar-refractivity contribution in [2.24, 2.45) is 0 Å². The number of benzene rings is 1. The number of hydrogen-bond acceptors (Lipinski definition) is 2. The van der Waals surface area contributed by atoms with Crippen LogP contribution in [0.15, 0.2) is 24.3 Å². The maximum atomic E-state index is 12.5. The lowest BCUT2D eigenvalue weighted by Gasteiger charge is -2.28. The van der Waals surface area contributed by atoms with Crippen molar-refractivity contribution in [3.05, 3.63) is 34.9 Å². The van der Waals surface area contributed by atoms with Crippen molar-refractivity contribution >= 4 is 17.5 Å². The van der Waals surface area contributed by atoms with Crippen molar-refractivity contribution in [3.63, 3.8) is 0 Å². The van der Waals surface area contributed by atoms with Gasteiger partial charge < -0.3 is 10.2 Å². The molecule has 0 bridgehead atoms. The first-order valence-electron chi connectivity index (χ1n) is 7.05. The highest BCUT2D eigenvalue weighted by atomic mass is 35.5. The van der Waals surface area contributed by atoms with Gasteiger partial charge in [0, 0.05) is 11.6 Å². The molecule has 4 heteroatoms. The summed E-state index contributed by atoms with van der Waals surface area (Å²) in [5, 5.41) is 4.05. The van der Waals surface area contributed by atoms with E-state index in [1.165, 1.54) is 0 Å². The van der Waals surface area contributed by atoms with Gasteiger partial charge in [0.15, 0.2) is 0 Å². The van der Waals surface area contributed by atoms with Gasteiger partial charge in [-0.3, -0.25) is 4.79 Å². The van der Waals surface area contributed by atoms with E-state index in [4.69, 9.17) is 11.6 Å². The molecule has 0 saturated carbocycles. The summed E-state index contributed by atoms with van der Waals surface area (Å²) in [6.45, 7) is 1.83. The van der Waals surface area contributed by atoms with E-state index in [0.29, 0.717) is 0 Å². The van der Waals surface area contributed by atoms with Gasteiger partial charge in [0.25, 0.3) is 0 Å². The quantitative estimate of drug-likeness (QED) is 0.902. The first-order chi connectivity index (χ1) is 9.25. The third-order valence-corrected chi connectivity index (χ3v) is 4.36. The molecule has 3 rings (SSSR count). The van der Waals surface area contributed by atoms with Gasteiger partial charge in [-0.25, -0.2) is 0 Å². The largest absolute Gasteiger partial charge is 0.334 e. The minimum atomic E-state index is 0.0276. The standard InChI is InChI=1S/C15H19ClN2O/c16-12-5-1-4-11(10-12)14-7-3-9-18(14)15(19)13-6-2-8-17-13/h1,4-5,10,13-14,17H,2-3,6-9H2/t13-,14+/m0/s1. The predicted octanol–water partition coefficient (Wildman–Crippen LogP) is 2.76. The van der Waals surface area contributed by atoms with Crippen LogP contribution >= 0.6 is 11.6 Å². The monoisotopic (exact) mass is 278 g/mol. The molecular weight excluding hydrogens is 260 g/mol. The molecule has 0 aromatic heterocycles. The number of rotatable bonds is 2. The molecule has 3 nitrogen and oxygen atoms in total. The van der Waals surface area contributed by atoms with Crippen LogP contribution in [0.25, 0.3) is 0 Å². The number of amides is 1. The molecule has 0 unspecified atom stereocenters. The lowest BCUT2D eigenvalue weighted by Crippen LogP contribution is -2.43. The topological polar surface area (TPSA) is 32.3 Å². The maximum absolute atomic E-state index is 12.5. The third-order valence-electron chi connectivity index (χ3n) is 4.13. The number of halogens is 1. The molecule has 2 atom stereocenters. The Balaban J connectivity index is 1.79. The van der Waals surface area contributed by atoms with Gasteiger partial charge in [0.2, 0.25) is 5.91 Å². The van der Waals surface area contributed by atoms with Crippen molar-refractivity contribution in [2.75, 3.05) is 13.1 Å². The molecule has 2 fully saturated rings. The summed E-state index contributed by atoms with van der Waals surface area (Å²) in [5.74, 6) is 0.264. The van der Waals surface area contributed by atoms with Gasteiger partial charge in [0.05, 0.1) is 12.1 Å². The lowest BCUT2D eigenvalue weighted by atomic mass is 10.0. The third kappa shape index (κ3) is 2.63. The fraction of sp³-hybridized carbons (Fsp3) is 0.533. The van der Waals surface area contributed by atoms with Crippen LogP contribution in [-0.4, -0.2) is 29.9 Å². The van der Waals surface area contributed by atoms with E-state index < -0.39 is 0 Å². The Hall–Kier alpha value is -1.06. The van der Waals surface area contributed by atoms with Gasteiger partial charge >= 0.3 is 0 Å². The zero-order chi connectivity index (χ0) is 13.2. The van der Waals surface area contributed by atoms with Gasteiger partial charge in [-0.05, 0) is 49.9 Å². The first-order valence-corrected chi connectivity index (χ1v) is 7.43. The molecule has 1 amide bonds. The Morgan fingerprint density at radius 1 is 1.32 bits per heavy atom. The minimum Gasteiger partial charge on any atom is -0.334 e. The highest BCUT2D eigenvalue weighted by Crippen LogP contribution is 2.33. The molecule has 1 aromatic carbocycles. The summed E-state index contributed by atoms with van der Waals surface area (Å²) in [4.78, 5) is 14.6. The highest BCUT2D eigenvalue weighted by molar-refractivity contribution is 6.30. The summed E-state index contributed by atoms with van der Waals surface area (Å²) in [7, 11) is 0. The summed E-state index contributed by atoms with van der Waals surface area (Å²) in [6, 6.07) is 8.13. The summed E-state index contributed by atoms with van der Waals surface area (Å²) >= 11 is 6.06. The van der Waals surface area contributed by atoms with Crippen molar-refractivity contribution in [3.8, 4) is 0 Å². The molecule has 0 spiro atoms. The van der Waals surface area contributed by atoms with Gasteiger partial charge in [0.1, 0.15) is 0 Å². The van der Waals surface area contributed by atoms with Crippen LogP contribution < -0.4 is 5.32 Å². The van der Waals surface area contributed by atoms with E-state index in [1.54, 1.807) is 0 Å². The fourth-order valence-electron chi connectivity index (χ4n) is 3.19. The van der Waals surface area contributed by atoms with Gasteiger partial charge in [-0.15, -0.1) is 0 Å². The Morgan fingerprint density at radius 2 is 2.21 bits per heavy atom. The second-order valence-corrected chi connectivity index (χ2v) is 5.83. The van der Waals surface area contributed by atoms with Crippen LogP contribution in [-0.2, 0) is 4.79 Å². The van der Waals surface area contributed by atoms with Crippen LogP contribution in [0.2, 0.25) is 5.02 Å². The van der Waals surface area contributed by atoms with Gasteiger partial charge in [-0.1, -0.05) is 23.7 Å². The Labute approximate surface area is 118 Å². The second-order valence-electron chi connectivity index (χ2n) is 5.39. The average Bonchev–Trinajstić information content (AvgIpc) is 3.09. The SMILES string of the molecule is O=C([C@@H]1CCCN1)N1CCC[C@@H]1c1cccc(Cl)c1. The lowest BCUT2D eigenvalue weighted by molar-refractivity contribution is -0.134. The van der Waals surface area contributed by atoms with E-state index in [-0.39, 0.29) is 18.0 Å². The van der Waals surface area contributed by atoms with Crippen molar-refractivity contribution in [2.45, 2.75) is 37.8 Å². The highest BCUT2D eigenvalue weighted by Gasteiger charge is 2.34. The van der Waals surface area contributed by atoms with Crippen molar-refractivity contribution in [1.29, 1.82) is 0 Å². The van der Waals surface area contributed by atoms with Crippen molar-refractivity contribution < 1.29 is 4.79 Å². The molecule has 102 valence electrons. The van der Waals surface area contributed by atoms with E-state index in [0.717, 1.165) is 49.4 Å². The molecule has 2 aliphatic rings. The molecule has 2 heterocycles. The number of likely N-dealkylation sites (tertiary alicyclic amines) is 1. The van der Waals surface area contributed by atoms with E-state index >= 15 is 0 Å². The van der Waals surface area contributed by atoms with Gasteiger partial charge in [-0.2, -0.15) is 0 Å². The summed E-state index contributed by atoms with van der Waals surface area (Å²) in [6.07, 6.45) is 4.19. The average molecular weight is 279 g/mol. The zero-order valence-corrected chi connectivity index (χ0v) is 11.7. The van der Waals surface area contributed by atoms with E-state index in [1.807, 2.05) is 23.1 Å². The van der Waals surface area contributed by atoms with E-state index in [2.05, 4.69) is 11.4 Å². The number of carbonyl (C=O) groups is 1. The smallest absolute Gasteiger partial charge is 0.240 e. The molecule has 19 heavy (non-hydrogen) atoms. The molecule has 2 saturated heterocycles. The van der Waals surface area contributed by atoms with Crippen LogP contribution in [0.4, 0.5) is 0 Å². The molecule has 1 N–H and O–H groups in total. The molecule has 1 aromatic rings. The predicted molar refractivity (Wildman–Crippen MR) is 76.2 cm³/mol. The maximum Gasteiger partial charge on any atom is 0.240 e. The Kier molecular flexibility index (Phi) is 3.76. The molecule has 0 aliphatic carbocycles. The summed E-state index contributed by atoms with van der Waals surface area (Å²) < 4.78 is 0. The Morgan fingerprint density at radius 3 is 2.95 bits per heavy atom. The number of nitrogens with zero attached hydrogens (tertiary/aromatic N) is 1. The number of nitrogens with one attached hydrogen (secondary N) is 1. The minimum absolute atomic E-state index is 0.0276. The van der Waals surface area contributed by atoms with Crippen molar-refractivity contribution in [1.82, 2.24) is 10.2 Å². The zero-order valence-electron chi connectivity index (χ0n) is 10.9. The van der Waals surface area contributed by atoms with Crippen LogP contribution in [0.5, 0.6) is 0 Å². The van der Waals surface area contributed by atoms with Crippen LogP contribution in [0, 0.1) is 0 Å². The molecule has 0 radical (unpaired) electrons. The Bertz CT molecular complexity index is 471. The van der Waals surface area contributed by atoms with E-state index in [9.17, 15) is 4.79 Å². The normalized spacial score (nSPS) is 26.9. The summed E-state index contributed by atoms with van der Waals surface area (Å²) in [5.41, 5.74) is 1.16. The first kappa shape index (κ1) is 12.9. The van der Waals surface area contributed by atoms with Crippen LogP contribution in [0.3, 0.4) is 0 Å². The molecular formula is C15H19ClN2O. The van der Waals surface area contributed by atoms with Crippen LogP contribution in [0.1, 0.15) is 37.3 Å². The fourth-order valence-corrected chi connectivity index (χ4v) is 3.39. The second kappa shape index (κ2) is 5.51. The number of hydrogen-bond donors (Lipinski definition) is 1.